The Morgan fingerprint density at radius 2 is 1.66 bits per heavy atom. The first kappa shape index (κ1) is 23.4. The molecule has 0 saturated heterocycles. The molecule has 35 heavy (non-hydrogen) atoms. The molecular weight excluding hydrogens is 486 g/mol. The first-order chi connectivity index (χ1) is 16.8. The summed E-state index contributed by atoms with van der Waals surface area (Å²) in [4.78, 5) is 26.4. The van der Waals surface area contributed by atoms with Crippen molar-refractivity contribution < 1.29 is 13.2 Å². The first-order valence-corrected chi connectivity index (χ1v) is 13.4. The van der Waals surface area contributed by atoms with Crippen molar-refractivity contribution in [2.75, 3.05) is 0 Å². The smallest absolute Gasteiger partial charge is 0.274 e. The lowest BCUT2D eigenvalue weighted by Gasteiger charge is -2.26. The van der Waals surface area contributed by atoms with Crippen LogP contribution in [0.15, 0.2) is 82.5 Å². The molecule has 1 heterocycles. The number of carbonyl (C=O) groups excluding carboxylic acids is 1. The zero-order valence-corrected chi connectivity index (χ0v) is 20.4. The maximum Gasteiger partial charge on any atom is 0.279 e. The molecule has 0 spiro atoms. The largest absolute Gasteiger partial charge is 0.279 e. The summed E-state index contributed by atoms with van der Waals surface area (Å²) in [6.07, 6.45) is 5.30. The van der Waals surface area contributed by atoms with Gasteiger partial charge in [-0.3, -0.25) is 14.3 Å². The fourth-order valence-corrected chi connectivity index (χ4v) is 6.01. The maximum absolute atomic E-state index is 13.6. The minimum absolute atomic E-state index is 0.0845. The maximum atomic E-state index is 13.6. The Labute approximate surface area is 208 Å². The summed E-state index contributed by atoms with van der Waals surface area (Å²) < 4.78 is 31.2. The third kappa shape index (κ3) is 4.51. The summed E-state index contributed by atoms with van der Waals surface area (Å²) in [5.41, 5.74) is 1.30. The SMILES string of the molecule is O=C(NS(=O)(=O)c1cccc(Cl)c1)c1ccc2c(c1)c(=O)n(-c1ccccc1)n2C1CCCCC1. The molecule has 0 aliphatic heterocycles. The molecule has 9 heteroatoms. The van der Waals surface area contributed by atoms with E-state index in [1.807, 2.05) is 35.0 Å². The highest BCUT2D eigenvalue weighted by atomic mass is 35.5. The van der Waals surface area contributed by atoms with E-state index in [1.54, 1.807) is 22.9 Å². The molecule has 1 fully saturated rings. The molecule has 1 N–H and O–H groups in total. The van der Waals surface area contributed by atoms with Crippen LogP contribution in [0.25, 0.3) is 16.6 Å². The van der Waals surface area contributed by atoms with Crippen LogP contribution in [-0.4, -0.2) is 23.7 Å². The van der Waals surface area contributed by atoms with E-state index < -0.39 is 15.9 Å². The van der Waals surface area contributed by atoms with E-state index in [4.69, 9.17) is 11.6 Å². The van der Waals surface area contributed by atoms with Crippen molar-refractivity contribution in [3.05, 3.63) is 93.7 Å². The summed E-state index contributed by atoms with van der Waals surface area (Å²) in [6.45, 7) is 0. The van der Waals surface area contributed by atoms with E-state index in [9.17, 15) is 18.0 Å². The summed E-state index contributed by atoms with van der Waals surface area (Å²) in [5.74, 6) is -0.817. The number of aromatic nitrogens is 2. The van der Waals surface area contributed by atoms with Crippen LogP contribution in [0.2, 0.25) is 5.02 Å². The highest BCUT2D eigenvalue weighted by molar-refractivity contribution is 7.90. The number of para-hydroxylation sites is 1. The van der Waals surface area contributed by atoms with E-state index in [0.29, 0.717) is 5.39 Å². The molecule has 1 aliphatic carbocycles. The van der Waals surface area contributed by atoms with Crippen LogP contribution < -0.4 is 10.3 Å². The molecule has 0 radical (unpaired) electrons. The predicted octanol–water partition coefficient (Wildman–Crippen LogP) is 5.07. The molecular formula is C26H24ClN3O4S. The van der Waals surface area contributed by atoms with Crippen molar-refractivity contribution in [3.8, 4) is 5.69 Å². The Bertz CT molecular complexity index is 1570. The van der Waals surface area contributed by atoms with Gasteiger partial charge in [-0.2, -0.15) is 0 Å². The summed E-state index contributed by atoms with van der Waals surface area (Å²) >= 11 is 5.90. The number of nitrogens with zero attached hydrogens (tertiary/aromatic N) is 2. The highest BCUT2D eigenvalue weighted by Crippen LogP contribution is 2.32. The van der Waals surface area contributed by atoms with Gasteiger partial charge in [0.2, 0.25) is 0 Å². The second-order valence-corrected chi connectivity index (χ2v) is 10.8. The van der Waals surface area contributed by atoms with Gasteiger partial charge >= 0.3 is 0 Å². The van der Waals surface area contributed by atoms with Gasteiger partial charge in [-0.25, -0.2) is 17.8 Å². The van der Waals surface area contributed by atoms with Crippen molar-refractivity contribution in [2.45, 2.75) is 43.0 Å². The van der Waals surface area contributed by atoms with Gasteiger partial charge < -0.3 is 0 Å². The van der Waals surface area contributed by atoms with Crippen molar-refractivity contribution in [1.82, 2.24) is 14.1 Å². The minimum atomic E-state index is -4.13. The Balaban J connectivity index is 1.58. The molecule has 1 saturated carbocycles. The van der Waals surface area contributed by atoms with Gasteiger partial charge in [-0.05, 0) is 61.4 Å². The third-order valence-electron chi connectivity index (χ3n) is 6.40. The van der Waals surface area contributed by atoms with Gasteiger partial charge in [-0.15, -0.1) is 0 Å². The number of nitrogens with one attached hydrogen (secondary N) is 1. The van der Waals surface area contributed by atoms with Crippen molar-refractivity contribution in [1.29, 1.82) is 0 Å². The van der Waals surface area contributed by atoms with E-state index in [-0.39, 0.29) is 27.1 Å². The Morgan fingerprint density at radius 3 is 2.37 bits per heavy atom. The summed E-state index contributed by atoms with van der Waals surface area (Å²) in [5, 5.41) is 0.611. The number of amides is 1. The molecule has 1 aromatic heterocycles. The van der Waals surface area contributed by atoms with Crippen molar-refractivity contribution in [2.24, 2.45) is 0 Å². The number of benzene rings is 3. The topological polar surface area (TPSA) is 90.2 Å². The molecule has 4 aromatic rings. The average molecular weight is 510 g/mol. The van der Waals surface area contributed by atoms with Crippen LogP contribution in [-0.2, 0) is 10.0 Å². The first-order valence-electron chi connectivity index (χ1n) is 11.5. The normalized spacial score (nSPS) is 14.8. The van der Waals surface area contributed by atoms with Gasteiger partial charge in [0, 0.05) is 10.6 Å². The van der Waals surface area contributed by atoms with Crippen molar-refractivity contribution in [3.63, 3.8) is 0 Å². The monoisotopic (exact) mass is 509 g/mol. The summed E-state index contributed by atoms with van der Waals surface area (Å²) in [6, 6.07) is 20.0. The fourth-order valence-electron chi connectivity index (χ4n) is 4.74. The highest BCUT2D eigenvalue weighted by Gasteiger charge is 2.25. The molecule has 5 rings (SSSR count). The lowest BCUT2D eigenvalue weighted by atomic mass is 9.95. The zero-order valence-electron chi connectivity index (χ0n) is 18.9. The number of fused-ring (bicyclic) bond motifs is 1. The van der Waals surface area contributed by atoms with E-state index in [2.05, 4.69) is 4.72 Å². The van der Waals surface area contributed by atoms with E-state index in [0.717, 1.165) is 36.9 Å². The summed E-state index contributed by atoms with van der Waals surface area (Å²) in [7, 11) is -4.13. The van der Waals surface area contributed by atoms with E-state index in [1.165, 1.54) is 30.7 Å². The number of carbonyl (C=O) groups is 1. The Hall–Kier alpha value is -3.36. The van der Waals surface area contributed by atoms with Crippen molar-refractivity contribution >= 4 is 38.4 Å². The van der Waals surface area contributed by atoms with Crippen LogP contribution >= 0.6 is 11.6 Å². The number of hydrogen-bond acceptors (Lipinski definition) is 4. The van der Waals surface area contributed by atoms with Crippen LogP contribution in [0, 0.1) is 0 Å². The van der Waals surface area contributed by atoms with Gasteiger partial charge in [-0.1, -0.05) is 55.1 Å². The van der Waals surface area contributed by atoms with Crippen LogP contribution in [0.4, 0.5) is 0 Å². The van der Waals surface area contributed by atoms with Crippen LogP contribution in [0.5, 0.6) is 0 Å². The molecule has 0 bridgehead atoms. The molecule has 7 nitrogen and oxygen atoms in total. The van der Waals surface area contributed by atoms with Gasteiger partial charge in [0.25, 0.3) is 21.5 Å². The molecule has 180 valence electrons. The Morgan fingerprint density at radius 1 is 0.914 bits per heavy atom. The third-order valence-corrected chi connectivity index (χ3v) is 7.96. The molecule has 0 unspecified atom stereocenters. The minimum Gasteiger partial charge on any atom is -0.274 e. The predicted molar refractivity (Wildman–Crippen MR) is 136 cm³/mol. The average Bonchev–Trinajstić information content (AvgIpc) is 3.16. The number of halogens is 1. The lowest BCUT2D eigenvalue weighted by Crippen LogP contribution is -2.30. The van der Waals surface area contributed by atoms with E-state index >= 15 is 0 Å². The van der Waals surface area contributed by atoms with Gasteiger partial charge in [0.15, 0.2) is 0 Å². The second-order valence-electron chi connectivity index (χ2n) is 8.71. The Kier molecular flexibility index (Phi) is 6.25. The number of hydrogen-bond donors (Lipinski definition) is 1. The molecule has 0 atom stereocenters. The standard InChI is InChI=1S/C26H24ClN3O4S/c27-19-8-7-13-22(17-19)35(33,34)28-25(31)18-14-15-24-23(16-18)26(32)30(21-11-5-2-6-12-21)29(24)20-9-3-1-4-10-20/h2,5-8,11-17,20H,1,3-4,9-10H2,(H,28,31). The van der Waals surface area contributed by atoms with Gasteiger partial charge in [0.05, 0.1) is 27.5 Å². The molecule has 1 aliphatic rings. The lowest BCUT2D eigenvalue weighted by molar-refractivity contribution is 0.0981. The van der Waals surface area contributed by atoms with Gasteiger partial charge in [0.1, 0.15) is 0 Å². The number of sulfonamides is 1. The number of rotatable bonds is 5. The van der Waals surface area contributed by atoms with Crippen LogP contribution in [0.1, 0.15) is 48.5 Å². The zero-order chi connectivity index (χ0) is 24.6. The quantitative estimate of drug-likeness (QED) is 0.406. The molecule has 3 aromatic carbocycles. The van der Waals surface area contributed by atoms with Crippen LogP contribution in [0.3, 0.4) is 0 Å². The second kappa shape index (κ2) is 9.36. The fraction of sp³-hybridized carbons (Fsp3) is 0.231. The molecule has 1 amide bonds.